The summed E-state index contributed by atoms with van der Waals surface area (Å²) in [5.74, 6) is 0.578. The van der Waals surface area contributed by atoms with E-state index in [4.69, 9.17) is 4.74 Å². The topological polar surface area (TPSA) is 49.8 Å². The summed E-state index contributed by atoms with van der Waals surface area (Å²) in [4.78, 5) is 15.8. The third-order valence-corrected chi connectivity index (χ3v) is 6.29. The van der Waals surface area contributed by atoms with Crippen LogP contribution in [0.5, 0.6) is 5.75 Å². The first-order chi connectivity index (χ1) is 15.2. The van der Waals surface area contributed by atoms with E-state index >= 15 is 0 Å². The van der Waals surface area contributed by atoms with Crippen molar-refractivity contribution >= 4 is 27.9 Å². The molecular weight excluding hydrogens is 398 g/mol. The van der Waals surface area contributed by atoms with Gasteiger partial charge in [-0.25, -0.2) is 0 Å². The number of benzene rings is 3. The minimum absolute atomic E-state index is 0.0218. The van der Waals surface area contributed by atoms with Gasteiger partial charge in [0.15, 0.2) is 0 Å². The average molecular weight is 430 g/mol. The maximum atomic E-state index is 13.9. The lowest BCUT2D eigenvalue weighted by molar-refractivity contribution is -0.120. The van der Waals surface area contributed by atoms with E-state index in [0.29, 0.717) is 6.61 Å². The van der Waals surface area contributed by atoms with Crippen molar-refractivity contribution in [2.75, 3.05) is 11.5 Å². The third kappa shape index (κ3) is 3.91. The van der Waals surface area contributed by atoms with Crippen LogP contribution in [0.4, 0.5) is 5.69 Å². The fourth-order valence-corrected chi connectivity index (χ4v) is 4.69. The van der Waals surface area contributed by atoms with Crippen molar-refractivity contribution in [3.63, 3.8) is 0 Å². The van der Waals surface area contributed by atoms with Gasteiger partial charge in [-0.3, -0.25) is 4.79 Å². The molecule has 1 aliphatic rings. The Labute approximate surface area is 190 Å². The Morgan fingerprint density at radius 3 is 2.50 bits per heavy atom. The van der Waals surface area contributed by atoms with Crippen LogP contribution in [-0.2, 0) is 11.4 Å². The van der Waals surface area contributed by atoms with E-state index < -0.39 is 5.54 Å². The molecule has 166 valence electrons. The predicted molar refractivity (Wildman–Crippen MR) is 131 cm³/mol. The van der Waals surface area contributed by atoms with Crippen molar-refractivity contribution in [2.45, 2.75) is 52.7 Å². The van der Waals surface area contributed by atoms with Gasteiger partial charge in [-0.2, -0.15) is 0 Å². The molecule has 0 radical (unpaired) electrons. The molecule has 1 aliphatic heterocycles. The van der Waals surface area contributed by atoms with E-state index in [1.807, 2.05) is 67.3 Å². The number of amides is 1. The number of rotatable bonds is 5. The number of fused-ring (bicyclic) bond motifs is 2. The summed E-state index contributed by atoms with van der Waals surface area (Å²) >= 11 is 0. The average Bonchev–Trinajstić information content (AvgIpc) is 2.77. The van der Waals surface area contributed by atoms with E-state index in [0.717, 1.165) is 44.5 Å². The zero-order chi connectivity index (χ0) is 23.0. The standard InChI is InChI=1S/C28H31NO3/c1-6-32-24-11-12-26-25(15-24)18(2)16-28(4,5)29(26)27(31)19(3)21-9-10-22-13-20(17-30)7-8-23(22)14-21/h7-16,19,30H,6,17H2,1-5H3. The molecule has 0 aliphatic carbocycles. The number of anilines is 1. The molecule has 0 fully saturated rings. The maximum Gasteiger partial charge on any atom is 0.235 e. The van der Waals surface area contributed by atoms with E-state index in [9.17, 15) is 9.90 Å². The summed E-state index contributed by atoms with van der Waals surface area (Å²) in [5.41, 5.74) is 4.52. The van der Waals surface area contributed by atoms with Crippen molar-refractivity contribution in [3.8, 4) is 5.75 Å². The molecule has 4 heteroatoms. The smallest absolute Gasteiger partial charge is 0.235 e. The van der Waals surface area contributed by atoms with Crippen molar-refractivity contribution in [1.29, 1.82) is 0 Å². The zero-order valence-corrected chi connectivity index (χ0v) is 19.5. The van der Waals surface area contributed by atoms with Gasteiger partial charge in [0.05, 0.1) is 30.4 Å². The van der Waals surface area contributed by atoms with E-state index in [1.54, 1.807) is 0 Å². The summed E-state index contributed by atoms with van der Waals surface area (Å²) < 4.78 is 5.70. The number of hydrogen-bond donors (Lipinski definition) is 1. The molecule has 0 saturated carbocycles. The lowest BCUT2D eigenvalue weighted by atomic mass is 9.86. The fraction of sp³-hybridized carbons (Fsp3) is 0.321. The highest BCUT2D eigenvalue weighted by Gasteiger charge is 2.38. The molecule has 3 aromatic rings. The number of ether oxygens (including phenoxy) is 1. The SMILES string of the molecule is CCOc1ccc2c(c1)C(C)=CC(C)(C)N2C(=O)C(C)c1ccc2cc(CO)ccc2c1. The Morgan fingerprint density at radius 2 is 1.78 bits per heavy atom. The van der Waals surface area contributed by atoms with Crippen molar-refractivity contribution in [1.82, 2.24) is 0 Å². The Morgan fingerprint density at radius 1 is 1.06 bits per heavy atom. The summed E-state index contributed by atoms with van der Waals surface area (Å²) in [7, 11) is 0. The monoisotopic (exact) mass is 429 g/mol. The lowest BCUT2D eigenvalue weighted by Crippen LogP contribution is -2.50. The van der Waals surface area contributed by atoms with Gasteiger partial charge in [0.1, 0.15) is 5.75 Å². The number of allylic oxidation sites excluding steroid dienone is 1. The molecule has 1 unspecified atom stereocenters. The van der Waals surface area contributed by atoms with Crippen LogP contribution in [0.15, 0.2) is 60.7 Å². The summed E-state index contributed by atoms with van der Waals surface area (Å²) in [5, 5.41) is 11.5. The molecule has 1 amide bonds. The minimum atomic E-state index is -0.442. The van der Waals surface area contributed by atoms with Crippen LogP contribution in [0, 0.1) is 0 Å². The molecule has 0 aromatic heterocycles. The summed E-state index contributed by atoms with van der Waals surface area (Å²) in [6.45, 7) is 10.8. The van der Waals surface area contributed by atoms with Gasteiger partial charge in [0.25, 0.3) is 0 Å². The van der Waals surface area contributed by atoms with Gasteiger partial charge < -0.3 is 14.7 Å². The van der Waals surface area contributed by atoms with Crippen molar-refractivity contribution in [3.05, 3.63) is 77.4 Å². The molecule has 1 heterocycles. The molecule has 32 heavy (non-hydrogen) atoms. The van der Waals surface area contributed by atoms with Crippen LogP contribution >= 0.6 is 0 Å². The second-order valence-corrected chi connectivity index (χ2v) is 9.09. The predicted octanol–water partition coefficient (Wildman–Crippen LogP) is 6.06. The van der Waals surface area contributed by atoms with Crippen LogP contribution in [0.25, 0.3) is 16.3 Å². The molecule has 1 N–H and O–H groups in total. The summed E-state index contributed by atoms with van der Waals surface area (Å²) in [6, 6.07) is 18.0. The van der Waals surface area contributed by atoms with Crippen LogP contribution in [0.1, 0.15) is 57.2 Å². The van der Waals surface area contributed by atoms with Gasteiger partial charge in [-0.05, 0) is 86.4 Å². The fourth-order valence-electron chi connectivity index (χ4n) is 4.69. The highest BCUT2D eigenvalue weighted by atomic mass is 16.5. The van der Waals surface area contributed by atoms with Crippen molar-refractivity contribution < 1.29 is 14.6 Å². The first-order valence-electron chi connectivity index (χ1n) is 11.2. The summed E-state index contributed by atoms with van der Waals surface area (Å²) in [6.07, 6.45) is 2.16. The second kappa shape index (κ2) is 8.44. The molecule has 0 bridgehead atoms. The third-order valence-electron chi connectivity index (χ3n) is 6.29. The Kier molecular flexibility index (Phi) is 5.83. The quantitative estimate of drug-likeness (QED) is 0.536. The van der Waals surface area contributed by atoms with Gasteiger partial charge in [-0.15, -0.1) is 0 Å². The maximum absolute atomic E-state index is 13.9. The lowest BCUT2D eigenvalue weighted by Gasteiger charge is -2.43. The van der Waals surface area contributed by atoms with Gasteiger partial charge in [0, 0.05) is 5.56 Å². The highest BCUT2D eigenvalue weighted by Crippen LogP contribution is 2.42. The number of hydrogen-bond acceptors (Lipinski definition) is 3. The Bertz CT molecular complexity index is 1210. The van der Waals surface area contributed by atoms with Crippen LogP contribution in [0.2, 0.25) is 0 Å². The van der Waals surface area contributed by atoms with E-state index in [1.165, 1.54) is 0 Å². The molecule has 0 spiro atoms. The molecule has 0 saturated heterocycles. The van der Waals surface area contributed by atoms with Crippen LogP contribution in [0.3, 0.4) is 0 Å². The van der Waals surface area contributed by atoms with Crippen LogP contribution < -0.4 is 9.64 Å². The first kappa shape index (κ1) is 22.1. The largest absolute Gasteiger partial charge is 0.494 e. The van der Waals surface area contributed by atoms with Crippen LogP contribution in [-0.4, -0.2) is 23.2 Å². The Hall–Kier alpha value is -3.11. The molecule has 4 rings (SSSR count). The van der Waals surface area contributed by atoms with Gasteiger partial charge >= 0.3 is 0 Å². The van der Waals surface area contributed by atoms with Gasteiger partial charge in [-0.1, -0.05) is 36.4 Å². The highest BCUT2D eigenvalue weighted by molar-refractivity contribution is 6.04. The number of aliphatic hydroxyl groups excluding tert-OH is 1. The number of nitrogens with zero attached hydrogens (tertiary/aromatic N) is 1. The zero-order valence-electron chi connectivity index (χ0n) is 19.5. The minimum Gasteiger partial charge on any atom is -0.494 e. The molecular formula is C28H31NO3. The van der Waals surface area contributed by atoms with Gasteiger partial charge in [0.2, 0.25) is 5.91 Å². The van der Waals surface area contributed by atoms with Crippen molar-refractivity contribution in [2.24, 2.45) is 0 Å². The molecule has 1 atom stereocenters. The Balaban J connectivity index is 1.72. The number of carbonyl (C=O) groups is 1. The van der Waals surface area contributed by atoms with E-state index in [-0.39, 0.29) is 18.4 Å². The number of aliphatic hydroxyl groups is 1. The second-order valence-electron chi connectivity index (χ2n) is 9.09. The first-order valence-corrected chi connectivity index (χ1v) is 11.2. The number of carbonyl (C=O) groups excluding carboxylic acids is 1. The molecule has 4 nitrogen and oxygen atoms in total. The molecule has 3 aromatic carbocycles. The van der Waals surface area contributed by atoms with E-state index in [2.05, 4.69) is 32.9 Å². The normalized spacial score (nSPS) is 15.8.